The van der Waals surface area contributed by atoms with Crippen molar-refractivity contribution in [2.75, 3.05) is 13.3 Å². The van der Waals surface area contributed by atoms with Gasteiger partial charge in [-0.1, -0.05) is 26.5 Å². The number of aromatic nitrogens is 2. The first-order valence-electron chi connectivity index (χ1n) is 19.6. The topological polar surface area (TPSA) is 160 Å². The molecule has 290 valence electrons. The average molecular weight is 739 g/mol. The minimum absolute atomic E-state index is 0.00922. The van der Waals surface area contributed by atoms with Crippen molar-refractivity contribution in [3.8, 4) is 0 Å². The van der Waals surface area contributed by atoms with Gasteiger partial charge in [0, 0.05) is 75.8 Å². The molecule has 1 fully saturated rings. The molecule has 5 heterocycles. The van der Waals surface area contributed by atoms with Crippen molar-refractivity contribution in [1.82, 2.24) is 31.2 Å². The van der Waals surface area contributed by atoms with Gasteiger partial charge in [0.05, 0.1) is 17.8 Å². The predicted molar refractivity (Wildman–Crippen MR) is 214 cm³/mol. The van der Waals surface area contributed by atoms with E-state index >= 15 is 0 Å². The first-order valence-corrected chi connectivity index (χ1v) is 19.6. The van der Waals surface area contributed by atoms with Gasteiger partial charge in [0.2, 0.25) is 5.91 Å². The van der Waals surface area contributed by atoms with E-state index in [1.165, 1.54) is 11.1 Å². The van der Waals surface area contributed by atoms with E-state index in [9.17, 15) is 14.4 Å². The van der Waals surface area contributed by atoms with E-state index in [1.54, 1.807) is 13.8 Å². The Labute approximate surface area is 318 Å². The number of H-pyrrole nitrogens is 2. The second kappa shape index (κ2) is 16.5. The minimum atomic E-state index is -0.437. The van der Waals surface area contributed by atoms with Crippen LogP contribution in [0.4, 0.5) is 0 Å². The van der Waals surface area contributed by atoms with Crippen LogP contribution in [0.1, 0.15) is 118 Å². The van der Waals surface area contributed by atoms with Crippen LogP contribution >= 0.6 is 0 Å². The number of fused-ring (bicyclic) bond motifs is 7. The van der Waals surface area contributed by atoms with Crippen LogP contribution in [0, 0.1) is 25.7 Å². The van der Waals surface area contributed by atoms with Crippen LogP contribution in [0.15, 0.2) is 29.1 Å². The third-order valence-electron chi connectivity index (χ3n) is 12.1. The summed E-state index contributed by atoms with van der Waals surface area (Å²) in [5, 5.41) is 24.9. The van der Waals surface area contributed by atoms with E-state index in [-0.39, 0.29) is 47.4 Å². The van der Waals surface area contributed by atoms with Crippen molar-refractivity contribution >= 4 is 47.4 Å². The number of amides is 1. The van der Waals surface area contributed by atoms with Crippen LogP contribution in [-0.2, 0) is 14.3 Å². The lowest BCUT2D eigenvalue weighted by molar-refractivity contribution is -0.122. The number of nitrogens with one attached hydrogen (secondary N) is 6. The van der Waals surface area contributed by atoms with E-state index in [4.69, 9.17) is 9.84 Å². The molecule has 8 bridgehead atoms. The molecule has 0 radical (unpaired) electrons. The van der Waals surface area contributed by atoms with E-state index in [1.807, 2.05) is 13.0 Å². The highest BCUT2D eigenvalue weighted by molar-refractivity contribution is 6.13. The second-order valence-corrected chi connectivity index (χ2v) is 15.4. The first-order chi connectivity index (χ1) is 25.9. The molecule has 2 aromatic heterocycles. The molecule has 11 heteroatoms. The largest absolute Gasteiger partial charge is 0.381 e. The number of aromatic amines is 2. The van der Waals surface area contributed by atoms with Gasteiger partial charge >= 0.3 is 0 Å². The van der Waals surface area contributed by atoms with Gasteiger partial charge in [0.15, 0.2) is 5.78 Å². The normalized spacial score (nSPS) is 26.2. The Hall–Kier alpha value is -4.45. The zero-order valence-electron chi connectivity index (χ0n) is 32.9. The lowest BCUT2D eigenvalue weighted by Crippen LogP contribution is -2.42. The summed E-state index contributed by atoms with van der Waals surface area (Å²) in [7, 11) is 0. The zero-order valence-corrected chi connectivity index (χ0v) is 32.9. The van der Waals surface area contributed by atoms with E-state index in [0.29, 0.717) is 32.2 Å². The second-order valence-electron chi connectivity index (χ2n) is 15.4. The summed E-state index contributed by atoms with van der Waals surface area (Å²) < 4.78 is 5.11. The smallest absolute Gasteiger partial charge is 0.220 e. The Morgan fingerprint density at radius 2 is 1.89 bits per heavy atom. The SMILES string of the molecule is C=Cc1c(C)/c2[nH]/c1=C\C1N/C(=C\c3[nH]c4c(c3C)C(=O)C/C4=C3/NC(/C=2)C(C)C3CCC(=O)NCCCCC(NC(C)OCO)C(C)=O)C(CC)=C1C. The molecule has 6 unspecified atom stereocenters. The molecule has 1 amide bonds. The summed E-state index contributed by atoms with van der Waals surface area (Å²) in [5.74, 6) is 0.310. The van der Waals surface area contributed by atoms with Gasteiger partial charge in [-0.2, -0.15) is 0 Å². The Balaban J connectivity index is 1.27. The van der Waals surface area contributed by atoms with E-state index in [0.717, 1.165) is 80.6 Å². The summed E-state index contributed by atoms with van der Waals surface area (Å²) >= 11 is 0. The molecule has 6 rings (SSSR count). The number of carbonyl (C=O) groups is 3. The Morgan fingerprint density at radius 3 is 2.59 bits per heavy atom. The third-order valence-corrected chi connectivity index (χ3v) is 12.1. The number of ether oxygens (including phenoxy) is 1. The highest BCUT2D eigenvalue weighted by Gasteiger charge is 2.41. The quantitative estimate of drug-likeness (QED) is 0.105. The third kappa shape index (κ3) is 7.72. The standard InChI is InChI=1S/C43H58N6O5/c1-9-28-22(3)33-18-35-24(5)30(14-15-40(53)44-16-12-11-13-32(26(7)51)45-27(8)54-21-50)42(48-35)31-17-39(52)41-25(6)36(49-43(31)41)20-38-29(10-2)23(4)34(47-38)19-37(28)46-33/h9,18-20,24,27,30,32,34-35,45-50H,1,10-17,21H2,2-8H3,(H,44,53)/b33-18+,37-19-,38-20-,42-31-. The summed E-state index contributed by atoms with van der Waals surface area (Å²) in [6, 6.07) is -0.376. The van der Waals surface area contributed by atoms with Crippen LogP contribution in [0.25, 0.3) is 29.9 Å². The Kier molecular flexibility index (Phi) is 12.0. The molecule has 2 aromatic rings. The van der Waals surface area contributed by atoms with Crippen molar-refractivity contribution in [2.24, 2.45) is 11.8 Å². The maximum atomic E-state index is 13.7. The number of ketones is 2. The number of aliphatic hydroxyl groups excluding tert-OH is 1. The number of Topliss-reactive ketones (excluding diaryl/α,β-unsaturated/α-hetero) is 2. The number of aliphatic hydroxyl groups is 1. The van der Waals surface area contributed by atoms with Gasteiger partial charge < -0.3 is 35.8 Å². The number of allylic oxidation sites excluding steroid dienone is 3. The highest BCUT2D eigenvalue weighted by atomic mass is 16.6. The molecule has 1 saturated heterocycles. The fourth-order valence-electron chi connectivity index (χ4n) is 8.90. The summed E-state index contributed by atoms with van der Waals surface area (Å²) in [6.07, 6.45) is 12.5. The molecular weight excluding hydrogens is 681 g/mol. The average Bonchev–Trinajstić information content (AvgIpc) is 3.88. The van der Waals surface area contributed by atoms with Crippen LogP contribution in [-0.4, -0.2) is 70.2 Å². The van der Waals surface area contributed by atoms with Gasteiger partial charge in [-0.25, -0.2) is 0 Å². The van der Waals surface area contributed by atoms with Gasteiger partial charge in [-0.3, -0.25) is 19.7 Å². The van der Waals surface area contributed by atoms with Crippen molar-refractivity contribution < 1.29 is 24.2 Å². The highest BCUT2D eigenvalue weighted by Crippen LogP contribution is 2.44. The molecule has 11 nitrogen and oxygen atoms in total. The molecule has 1 aliphatic carbocycles. The molecule has 4 aliphatic rings. The number of hydrogen-bond donors (Lipinski definition) is 7. The van der Waals surface area contributed by atoms with Gasteiger partial charge in [0.25, 0.3) is 0 Å². The molecular formula is C43H58N6O5. The Bertz CT molecular complexity index is 2050. The van der Waals surface area contributed by atoms with Gasteiger partial charge in [-0.15, -0.1) is 0 Å². The predicted octanol–water partition coefficient (Wildman–Crippen LogP) is 4.36. The molecule has 3 aliphatic heterocycles. The number of hydrogen-bond acceptors (Lipinski definition) is 8. The van der Waals surface area contributed by atoms with Crippen molar-refractivity contribution in [3.05, 3.63) is 73.5 Å². The summed E-state index contributed by atoms with van der Waals surface area (Å²) in [4.78, 5) is 46.5. The summed E-state index contributed by atoms with van der Waals surface area (Å²) in [5.41, 5.74) is 11.5. The molecule has 0 spiro atoms. The molecule has 0 aromatic carbocycles. The van der Waals surface area contributed by atoms with Crippen molar-refractivity contribution in [1.29, 1.82) is 0 Å². The maximum Gasteiger partial charge on any atom is 0.220 e. The molecule has 7 N–H and O–H groups in total. The number of rotatable bonds is 15. The molecule has 0 saturated carbocycles. The number of unbranched alkanes of at least 4 members (excludes halogenated alkanes) is 1. The van der Waals surface area contributed by atoms with Crippen LogP contribution in [0.2, 0.25) is 0 Å². The van der Waals surface area contributed by atoms with E-state index in [2.05, 4.69) is 83.7 Å². The fourth-order valence-corrected chi connectivity index (χ4v) is 8.90. The lowest BCUT2D eigenvalue weighted by Gasteiger charge is -2.21. The first kappa shape index (κ1) is 39.2. The number of carbonyl (C=O) groups excluding carboxylic acids is 3. The van der Waals surface area contributed by atoms with Gasteiger partial charge in [0.1, 0.15) is 18.8 Å². The monoisotopic (exact) mass is 738 g/mol. The lowest BCUT2D eigenvalue weighted by atomic mass is 9.85. The summed E-state index contributed by atoms with van der Waals surface area (Å²) in [6.45, 7) is 18.3. The van der Waals surface area contributed by atoms with Gasteiger partial charge in [-0.05, 0) is 113 Å². The van der Waals surface area contributed by atoms with Crippen LogP contribution in [0.3, 0.4) is 0 Å². The van der Waals surface area contributed by atoms with Crippen molar-refractivity contribution in [3.63, 3.8) is 0 Å². The molecule has 54 heavy (non-hydrogen) atoms. The Morgan fingerprint density at radius 1 is 1.11 bits per heavy atom. The maximum absolute atomic E-state index is 13.7. The zero-order chi connectivity index (χ0) is 38.8. The minimum Gasteiger partial charge on any atom is -0.381 e. The van der Waals surface area contributed by atoms with Crippen LogP contribution < -0.4 is 32.0 Å². The fraction of sp³-hybridized carbons (Fsp3) is 0.512. The van der Waals surface area contributed by atoms with Crippen molar-refractivity contribution in [2.45, 2.75) is 118 Å². The van der Waals surface area contributed by atoms with Crippen LogP contribution in [0.5, 0.6) is 0 Å². The van der Waals surface area contributed by atoms with E-state index < -0.39 is 13.0 Å². The molecule has 6 atom stereocenters.